The van der Waals surface area contributed by atoms with Gasteiger partial charge >= 0.3 is 0 Å². The van der Waals surface area contributed by atoms with Gasteiger partial charge in [0.15, 0.2) is 5.82 Å². The maximum atomic E-state index is 14.3. The van der Waals surface area contributed by atoms with E-state index in [1.807, 2.05) is 6.92 Å². The molecule has 0 saturated carbocycles. The number of carbonyl (C=O) groups is 1. The van der Waals surface area contributed by atoms with Crippen molar-refractivity contribution in [2.75, 3.05) is 43.6 Å². The third kappa shape index (κ3) is 3.45. The van der Waals surface area contributed by atoms with Crippen LogP contribution in [0.4, 0.5) is 21.5 Å². The fraction of sp³-hybridized carbons (Fsp3) is 0.462. The molecule has 0 fully saturated rings. The number of benzene rings is 1. The van der Waals surface area contributed by atoms with Gasteiger partial charge in [-0.05, 0) is 12.5 Å². The van der Waals surface area contributed by atoms with Crippen molar-refractivity contribution < 1.29 is 9.18 Å². The second kappa shape index (κ2) is 6.65. The van der Waals surface area contributed by atoms with Crippen LogP contribution in [0.1, 0.15) is 13.3 Å². The first kappa shape index (κ1) is 16.4. The van der Waals surface area contributed by atoms with Crippen LogP contribution in [-0.4, -0.2) is 38.0 Å². The van der Waals surface area contributed by atoms with Gasteiger partial charge in [0, 0.05) is 20.6 Å². The van der Waals surface area contributed by atoms with Gasteiger partial charge in [0.1, 0.15) is 5.02 Å². The summed E-state index contributed by atoms with van der Waals surface area (Å²) in [5, 5.41) is -0.174. The summed E-state index contributed by atoms with van der Waals surface area (Å²) in [6.45, 7) is 2.45. The van der Waals surface area contributed by atoms with Gasteiger partial charge in [-0.25, -0.2) is 4.39 Å². The average molecular weight is 303 g/mol. The van der Waals surface area contributed by atoms with E-state index in [2.05, 4.69) is 0 Å². The summed E-state index contributed by atoms with van der Waals surface area (Å²) in [6.07, 6.45) is 0.738. The third-order valence-electron chi connectivity index (χ3n) is 2.87. The Bertz CT molecular complexity index is 508. The van der Waals surface area contributed by atoms with Crippen LogP contribution in [0.2, 0.25) is 5.02 Å². The van der Waals surface area contributed by atoms with E-state index in [1.54, 1.807) is 19.0 Å². The summed E-state index contributed by atoms with van der Waals surface area (Å²) >= 11 is 5.82. The maximum absolute atomic E-state index is 14.3. The van der Waals surface area contributed by atoms with E-state index in [0.29, 0.717) is 6.54 Å². The van der Waals surface area contributed by atoms with E-state index >= 15 is 0 Å². The number of anilines is 3. The first-order valence-corrected chi connectivity index (χ1v) is 6.65. The second-order valence-electron chi connectivity index (χ2n) is 4.74. The molecule has 0 radical (unpaired) electrons. The molecule has 0 heterocycles. The zero-order chi connectivity index (χ0) is 15.4. The van der Waals surface area contributed by atoms with Crippen LogP contribution in [0.5, 0.6) is 0 Å². The zero-order valence-electron chi connectivity index (χ0n) is 11.9. The normalized spacial score (nSPS) is 10.4. The predicted octanol–water partition coefficient (Wildman–Crippen LogP) is 1.95. The van der Waals surface area contributed by atoms with Gasteiger partial charge in [0.05, 0.1) is 23.6 Å². The molecule has 1 rings (SSSR count). The monoisotopic (exact) mass is 302 g/mol. The molecule has 0 bridgehead atoms. The zero-order valence-corrected chi connectivity index (χ0v) is 12.7. The van der Waals surface area contributed by atoms with Crippen LogP contribution in [0.25, 0.3) is 0 Å². The van der Waals surface area contributed by atoms with Crippen LogP contribution in [0, 0.1) is 5.82 Å². The molecule has 0 aliphatic carbocycles. The molecular weight excluding hydrogens is 283 g/mol. The van der Waals surface area contributed by atoms with Gasteiger partial charge < -0.3 is 21.3 Å². The fourth-order valence-corrected chi connectivity index (χ4v) is 1.97. The van der Waals surface area contributed by atoms with Gasteiger partial charge in [-0.1, -0.05) is 18.5 Å². The summed E-state index contributed by atoms with van der Waals surface area (Å²) < 4.78 is 14.3. The van der Waals surface area contributed by atoms with Crippen molar-refractivity contribution in [1.82, 2.24) is 4.90 Å². The largest absolute Gasteiger partial charge is 0.397 e. The van der Waals surface area contributed by atoms with Gasteiger partial charge in [-0.2, -0.15) is 0 Å². The molecule has 20 heavy (non-hydrogen) atoms. The summed E-state index contributed by atoms with van der Waals surface area (Å²) in [6, 6.07) is 1.41. The molecule has 0 aliphatic heterocycles. The van der Waals surface area contributed by atoms with Gasteiger partial charge in [0.2, 0.25) is 5.91 Å². The van der Waals surface area contributed by atoms with Crippen molar-refractivity contribution >= 4 is 34.6 Å². The smallest absolute Gasteiger partial charge is 0.241 e. The van der Waals surface area contributed by atoms with Crippen LogP contribution in [0.15, 0.2) is 6.07 Å². The minimum absolute atomic E-state index is 0.0300. The number of carbonyl (C=O) groups excluding carboxylic acids is 1. The molecule has 0 aliphatic rings. The Morgan fingerprint density at radius 2 is 1.95 bits per heavy atom. The quantitative estimate of drug-likeness (QED) is 0.815. The Hall–Kier alpha value is -1.69. The molecule has 0 unspecified atom stereocenters. The third-order valence-corrected chi connectivity index (χ3v) is 3.26. The first-order valence-electron chi connectivity index (χ1n) is 6.27. The molecule has 1 amide bonds. The SMILES string of the molecule is CCCN(CC(=O)N(C)C)c1c(N)cc(N)c(Cl)c1F. The van der Waals surface area contributed by atoms with Crippen molar-refractivity contribution in [1.29, 1.82) is 0 Å². The Kier molecular flexibility index (Phi) is 5.44. The standard InChI is InChI=1S/C13H20ClFN4O/c1-4-5-19(7-10(20)18(2)3)13-9(17)6-8(16)11(14)12(13)15/h6H,4-5,7,16-17H2,1-3H3. The van der Waals surface area contributed by atoms with Gasteiger partial charge in [-0.3, -0.25) is 4.79 Å². The summed E-state index contributed by atoms with van der Waals surface area (Å²) in [7, 11) is 3.28. The lowest BCUT2D eigenvalue weighted by Crippen LogP contribution is -2.38. The molecule has 0 saturated heterocycles. The first-order chi connectivity index (χ1) is 9.29. The van der Waals surface area contributed by atoms with E-state index in [-0.39, 0.29) is 34.5 Å². The van der Waals surface area contributed by atoms with Crippen LogP contribution < -0.4 is 16.4 Å². The van der Waals surface area contributed by atoms with E-state index in [0.717, 1.165) is 6.42 Å². The number of rotatable bonds is 5. The molecule has 1 aromatic carbocycles. The molecule has 0 aromatic heterocycles. The molecule has 0 atom stereocenters. The highest BCUT2D eigenvalue weighted by atomic mass is 35.5. The number of nitrogens with zero attached hydrogens (tertiary/aromatic N) is 2. The number of nitrogens with two attached hydrogens (primary N) is 2. The number of halogens is 2. The lowest BCUT2D eigenvalue weighted by atomic mass is 10.2. The Balaban J connectivity index is 3.21. The van der Waals surface area contributed by atoms with Crippen molar-refractivity contribution in [3.8, 4) is 0 Å². The van der Waals surface area contributed by atoms with E-state index in [1.165, 1.54) is 11.0 Å². The minimum Gasteiger partial charge on any atom is -0.397 e. The lowest BCUT2D eigenvalue weighted by molar-refractivity contribution is -0.127. The number of amides is 1. The topological polar surface area (TPSA) is 75.6 Å². The highest BCUT2D eigenvalue weighted by Crippen LogP contribution is 2.36. The van der Waals surface area contributed by atoms with Crippen molar-refractivity contribution in [3.63, 3.8) is 0 Å². The average Bonchev–Trinajstić information content (AvgIpc) is 2.36. The summed E-state index contributed by atoms with van der Waals surface area (Å²) in [5.74, 6) is -0.839. The Morgan fingerprint density at radius 1 is 1.35 bits per heavy atom. The fourth-order valence-electron chi connectivity index (χ4n) is 1.82. The maximum Gasteiger partial charge on any atom is 0.241 e. The van der Waals surface area contributed by atoms with Crippen molar-refractivity contribution in [3.05, 3.63) is 16.9 Å². The minimum atomic E-state index is -0.691. The number of nitrogen functional groups attached to an aromatic ring is 2. The van der Waals surface area contributed by atoms with Crippen molar-refractivity contribution in [2.45, 2.75) is 13.3 Å². The summed E-state index contributed by atoms with van der Waals surface area (Å²) in [5.41, 5.74) is 11.8. The van der Waals surface area contributed by atoms with Crippen LogP contribution in [-0.2, 0) is 4.79 Å². The summed E-state index contributed by atoms with van der Waals surface area (Å²) in [4.78, 5) is 14.9. The van der Waals surface area contributed by atoms with Gasteiger partial charge in [0.25, 0.3) is 0 Å². The Morgan fingerprint density at radius 3 is 2.45 bits per heavy atom. The van der Waals surface area contributed by atoms with Crippen LogP contribution in [0.3, 0.4) is 0 Å². The highest BCUT2D eigenvalue weighted by molar-refractivity contribution is 6.33. The number of hydrogen-bond acceptors (Lipinski definition) is 4. The highest BCUT2D eigenvalue weighted by Gasteiger charge is 2.21. The van der Waals surface area contributed by atoms with Crippen molar-refractivity contribution in [2.24, 2.45) is 0 Å². The molecule has 1 aromatic rings. The second-order valence-corrected chi connectivity index (χ2v) is 5.12. The van der Waals surface area contributed by atoms with E-state index in [9.17, 15) is 9.18 Å². The van der Waals surface area contributed by atoms with Gasteiger partial charge in [-0.15, -0.1) is 0 Å². The predicted molar refractivity (Wildman–Crippen MR) is 81.4 cm³/mol. The number of hydrogen-bond donors (Lipinski definition) is 2. The van der Waals surface area contributed by atoms with E-state index < -0.39 is 5.82 Å². The molecule has 4 N–H and O–H groups in total. The Labute approximate surface area is 123 Å². The van der Waals surface area contributed by atoms with E-state index in [4.69, 9.17) is 23.1 Å². The molecule has 112 valence electrons. The lowest BCUT2D eigenvalue weighted by Gasteiger charge is -2.27. The molecule has 7 heteroatoms. The number of likely N-dealkylation sites (N-methyl/N-ethyl adjacent to an activating group) is 1. The molecule has 0 spiro atoms. The van der Waals surface area contributed by atoms with Crippen LogP contribution >= 0.6 is 11.6 Å². The molecular formula is C13H20ClFN4O. The molecule has 5 nitrogen and oxygen atoms in total.